The Hall–Kier alpha value is -1.60. The molecule has 1 heterocycles. The van der Waals surface area contributed by atoms with Crippen LogP contribution in [0, 0.1) is 25.3 Å². The van der Waals surface area contributed by atoms with Crippen molar-refractivity contribution in [2.24, 2.45) is 0 Å². The molecule has 0 fully saturated rings. The van der Waals surface area contributed by atoms with Crippen LogP contribution in [-0.4, -0.2) is 37.1 Å². The predicted molar refractivity (Wildman–Crippen MR) is 65.2 cm³/mol. The fraction of sp³-hybridized carbons (Fsp3) is 0.500. The second kappa shape index (κ2) is 5.47. The van der Waals surface area contributed by atoms with E-state index >= 15 is 0 Å². The highest BCUT2D eigenvalue weighted by molar-refractivity contribution is 5.46. The van der Waals surface area contributed by atoms with Crippen molar-refractivity contribution >= 4 is 5.82 Å². The van der Waals surface area contributed by atoms with Crippen LogP contribution in [0.2, 0.25) is 0 Å². The van der Waals surface area contributed by atoms with E-state index in [0.29, 0.717) is 6.54 Å². The lowest BCUT2D eigenvalue weighted by Gasteiger charge is -2.18. The summed E-state index contributed by atoms with van der Waals surface area (Å²) < 4.78 is 0. The Kier molecular flexibility index (Phi) is 4.27. The summed E-state index contributed by atoms with van der Waals surface area (Å²) in [6.07, 6.45) is 2.17. The second-order valence-corrected chi connectivity index (χ2v) is 4.20. The minimum atomic E-state index is 0.666. The molecule has 0 aliphatic heterocycles. The molecule has 0 aromatic carbocycles. The molecule has 0 aliphatic rings. The first-order valence-corrected chi connectivity index (χ1v) is 5.30. The van der Waals surface area contributed by atoms with Gasteiger partial charge in [0.25, 0.3) is 0 Å². The van der Waals surface area contributed by atoms with Crippen LogP contribution in [0.1, 0.15) is 11.3 Å². The van der Waals surface area contributed by atoms with Gasteiger partial charge in [-0.1, -0.05) is 0 Å². The summed E-state index contributed by atoms with van der Waals surface area (Å²) in [6, 6.07) is 3.94. The van der Waals surface area contributed by atoms with Gasteiger partial charge >= 0.3 is 0 Å². The zero-order valence-corrected chi connectivity index (χ0v) is 10.4. The second-order valence-electron chi connectivity index (χ2n) is 4.20. The van der Waals surface area contributed by atoms with E-state index < -0.39 is 0 Å². The van der Waals surface area contributed by atoms with Crippen LogP contribution in [-0.2, 0) is 0 Å². The van der Waals surface area contributed by atoms with E-state index in [1.807, 2.05) is 45.0 Å². The minimum Gasteiger partial charge on any atom is -0.308 e. The smallest absolute Gasteiger partial charge is 0.185 e. The molecule has 4 heteroatoms. The number of rotatable bonds is 4. The van der Waals surface area contributed by atoms with Crippen molar-refractivity contribution in [1.29, 1.82) is 5.26 Å². The number of likely N-dealkylation sites (N-methyl/N-ethyl adjacent to an activating group) is 1. The third kappa shape index (κ3) is 3.52. The van der Waals surface area contributed by atoms with Gasteiger partial charge in [0.15, 0.2) is 6.19 Å². The summed E-state index contributed by atoms with van der Waals surface area (Å²) in [5.74, 6) is 0.738. The van der Waals surface area contributed by atoms with Crippen molar-refractivity contribution in [3.05, 3.63) is 23.4 Å². The summed E-state index contributed by atoms with van der Waals surface area (Å²) in [6.45, 7) is 5.46. The molecule has 0 radical (unpaired) electrons. The van der Waals surface area contributed by atoms with Gasteiger partial charge in [0.05, 0.1) is 0 Å². The lowest BCUT2D eigenvalue weighted by Crippen LogP contribution is -2.28. The summed E-state index contributed by atoms with van der Waals surface area (Å²) in [4.78, 5) is 8.04. The topological polar surface area (TPSA) is 43.2 Å². The molecule has 0 aliphatic carbocycles. The van der Waals surface area contributed by atoms with Crippen molar-refractivity contribution in [1.82, 2.24) is 9.88 Å². The van der Waals surface area contributed by atoms with Crippen molar-refractivity contribution in [2.45, 2.75) is 13.8 Å². The molecule has 0 atom stereocenters. The number of hydrogen-bond acceptors (Lipinski definition) is 4. The normalized spacial score (nSPS) is 10.2. The van der Waals surface area contributed by atoms with Crippen LogP contribution in [0.25, 0.3) is 0 Å². The molecular weight excluding hydrogens is 200 g/mol. The van der Waals surface area contributed by atoms with Gasteiger partial charge in [-0.2, -0.15) is 5.26 Å². The molecule has 1 aromatic rings. The fourth-order valence-electron chi connectivity index (χ4n) is 1.47. The number of anilines is 1. The Morgan fingerprint density at radius 3 is 2.44 bits per heavy atom. The highest BCUT2D eigenvalue weighted by Gasteiger charge is 2.08. The van der Waals surface area contributed by atoms with Gasteiger partial charge in [-0.25, -0.2) is 4.98 Å². The monoisotopic (exact) mass is 218 g/mol. The number of hydrogen-bond donors (Lipinski definition) is 0. The molecular formula is C12H18N4. The van der Waals surface area contributed by atoms with Gasteiger partial charge in [0.2, 0.25) is 0 Å². The lowest BCUT2D eigenvalue weighted by molar-refractivity contribution is 0.418. The summed E-state index contributed by atoms with van der Waals surface area (Å²) >= 11 is 0. The molecule has 16 heavy (non-hydrogen) atoms. The largest absolute Gasteiger partial charge is 0.308 e. The van der Waals surface area contributed by atoms with Gasteiger partial charge in [0, 0.05) is 18.8 Å². The quantitative estimate of drug-likeness (QED) is 0.568. The Labute approximate surface area is 97.1 Å². The van der Waals surface area contributed by atoms with Crippen LogP contribution in [0.5, 0.6) is 0 Å². The van der Waals surface area contributed by atoms with Gasteiger partial charge in [0.1, 0.15) is 5.82 Å². The van der Waals surface area contributed by atoms with E-state index in [0.717, 1.165) is 23.6 Å². The maximum absolute atomic E-state index is 9.09. The molecule has 86 valence electrons. The number of nitrogens with zero attached hydrogens (tertiary/aromatic N) is 4. The van der Waals surface area contributed by atoms with E-state index in [4.69, 9.17) is 5.26 Å². The summed E-state index contributed by atoms with van der Waals surface area (Å²) in [5.41, 5.74) is 2.08. The lowest BCUT2D eigenvalue weighted by atomic mass is 10.2. The Morgan fingerprint density at radius 1 is 1.25 bits per heavy atom. The van der Waals surface area contributed by atoms with Gasteiger partial charge < -0.3 is 4.90 Å². The zero-order valence-electron chi connectivity index (χ0n) is 10.4. The average Bonchev–Trinajstić information content (AvgIpc) is 2.16. The molecule has 0 saturated heterocycles. The van der Waals surface area contributed by atoms with Crippen molar-refractivity contribution in [3.63, 3.8) is 0 Å². The summed E-state index contributed by atoms with van der Waals surface area (Å²) in [5, 5.41) is 9.09. The van der Waals surface area contributed by atoms with E-state index in [2.05, 4.69) is 11.2 Å². The van der Waals surface area contributed by atoms with Crippen LogP contribution in [0.4, 0.5) is 5.82 Å². The molecule has 4 nitrogen and oxygen atoms in total. The first-order chi connectivity index (χ1) is 7.52. The molecule has 1 aromatic heterocycles. The van der Waals surface area contributed by atoms with Crippen molar-refractivity contribution < 1.29 is 0 Å². The average molecular weight is 218 g/mol. The van der Waals surface area contributed by atoms with Gasteiger partial charge in [-0.05, 0) is 45.6 Å². The Bertz CT molecular complexity index is 372. The molecule has 0 amide bonds. The van der Waals surface area contributed by atoms with Gasteiger partial charge in [-0.15, -0.1) is 0 Å². The van der Waals surface area contributed by atoms with Crippen LogP contribution < -0.4 is 4.90 Å². The minimum absolute atomic E-state index is 0.666. The number of pyridine rings is 1. The third-order valence-corrected chi connectivity index (χ3v) is 2.25. The Balaban J connectivity index is 2.83. The molecule has 0 saturated carbocycles. The third-order valence-electron chi connectivity index (χ3n) is 2.25. The molecule has 0 bridgehead atoms. The van der Waals surface area contributed by atoms with Crippen LogP contribution in [0.3, 0.4) is 0 Å². The van der Waals surface area contributed by atoms with E-state index in [1.165, 1.54) is 0 Å². The van der Waals surface area contributed by atoms with Crippen LogP contribution in [0.15, 0.2) is 12.1 Å². The molecule has 0 N–H and O–H groups in total. The number of aryl methyl sites for hydroxylation is 2. The molecule has 0 unspecified atom stereocenters. The van der Waals surface area contributed by atoms with E-state index in [9.17, 15) is 0 Å². The SMILES string of the molecule is Cc1cc(C)nc(N(C#N)CCN(C)C)c1. The predicted octanol–water partition coefficient (Wildman–Crippen LogP) is 1.55. The molecule has 1 rings (SSSR count). The van der Waals surface area contributed by atoms with Crippen molar-refractivity contribution in [3.8, 4) is 6.19 Å². The highest BCUT2D eigenvalue weighted by atomic mass is 15.2. The maximum atomic E-state index is 9.09. The maximum Gasteiger partial charge on any atom is 0.185 e. The zero-order chi connectivity index (χ0) is 12.1. The summed E-state index contributed by atoms with van der Waals surface area (Å²) in [7, 11) is 3.98. The standard InChI is InChI=1S/C12H18N4/c1-10-7-11(2)14-12(8-10)16(9-13)6-5-15(3)4/h7-8H,5-6H2,1-4H3. The van der Waals surface area contributed by atoms with E-state index in [1.54, 1.807) is 4.90 Å². The van der Waals surface area contributed by atoms with E-state index in [-0.39, 0.29) is 0 Å². The number of aromatic nitrogens is 1. The Morgan fingerprint density at radius 2 is 1.94 bits per heavy atom. The first kappa shape index (κ1) is 12.5. The fourth-order valence-corrected chi connectivity index (χ4v) is 1.47. The van der Waals surface area contributed by atoms with Crippen molar-refractivity contribution in [2.75, 3.05) is 32.1 Å². The number of nitriles is 1. The van der Waals surface area contributed by atoms with Crippen LogP contribution >= 0.6 is 0 Å². The molecule has 0 spiro atoms. The highest BCUT2D eigenvalue weighted by Crippen LogP contribution is 2.13. The first-order valence-electron chi connectivity index (χ1n) is 5.30. The van der Waals surface area contributed by atoms with Gasteiger partial charge in [-0.3, -0.25) is 4.90 Å².